The third kappa shape index (κ3) is 3.92. The fraction of sp³-hybridized carbons (Fsp3) is 0. The van der Waals surface area contributed by atoms with Crippen molar-refractivity contribution in [3.8, 4) is 16.9 Å². The van der Waals surface area contributed by atoms with E-state index in [1.807, 2.05) is 30.3 Å². The Morgan fingerprint density at radius 3 is 2.40 bits per heavy atom. The summed E-state index contributed by atoms with van der Waals surface area (Å²) < 4.78 is 1.34. The van der Waals surface area contributed by atoms with E-state index in [2.05, 4.69) is 10.1 Å². The third-order valence-corrected chi connectivity index (χ3v) is 4.69. The molecule has 0 fully saturated rings. The molecule has 0 unspecified atom stereocenters. The molecule has 4 rings (SSSR count). The maximum Gasteiger partial charge on any atom is 0.280 e. The number of aromatic nitrogens is 2. The lowest BCUT2D eigenvalue weighted by atomic mass is 10.1. The van der Waals surface area contributed by atoms with Crippen LogP contribution in [0.5, 0.6) is 0 Å². The fourth-order valence-electron chi connectivity index (χ4n) is 3.00. The second kappa shape index (κ2) is 8.18. The highest BCUT2D eigenvalue weighted by molar-refractivity contribution is 6.30. The number of halogens is 1. The largest absolute Gasteiger partial charge is 0.290 e. The maximum atomic E-state index is 13.2. The molecule has 3 aromatic carbocycles. The number of nitro groups is 1. The number of hydrogen-bond donors (Lipinski definition) is 1. The van der Waals surface area contributed by atoms with E-state index >= 15 is 0 Å². The predicted molar refractivity (Wildman–Crippen MR) is 117 cm³/mol. The van der Waals surface area contributed by atoms with Crippen molar-refractivity contribution in [3.63, 3.8) is 0 Å². The highest BCUT2D eigenvalue weighted by Gasteiger charge is 2.16. The van der Waals surface area contributed by atoms with Crippen molar-refractivity contribution in [2.24, 2.45) is 4.99 Å². The quantitative estimate of drug-likeness (QED) is 0.276. The highest BCUT2D eigenvalue weighted by atomic mass is 35.5. The van der Waals surface area contributed by atoms with Crippen molar-refractivity contribution in [1.82, 2.24) is 9.78 Å². The number of non-ortho nitro benzene ring substituents is 1. The number of aromatic amines is 1. The minimum absolute atomic E-state index is 0.0515. The van der Waals surface area contributed by atoms with Gasteiger partial charge in [0.15, 0.2) is 0 Å². The van der Waals surface area contributed by atoms with E-state index < -0.39 is 4.92 Å². The molecule has 0 radical (unpaired) electrons. The minimum Gasteiger partial charge on any atom is -0.290 e. The van der Waals surface area contributed by atoms with E-state index in [0.717, 1.165) is 5.56 Å². The van der Waals surface area contributed by atoms with Gasteiger partial charge in [0.05, 0.1) is 27.6 Å². The van der Waals surface area contributed by atoms with E-state index in [1.54, 1.807) is 24.3 Å². The molecule has 30 heavy (non-hydrogen) atoms. The zero-order valence-corrected chi connectivity index (χ0v) is 16.3. The molecule has 0 aliphatic rings. The van der Waals surface area contributed by atoms with Crippen LogP contribution in [0.25, 0.3) is 16.9 Å². The van der Waals surface area contributed by atoms with Gasteiger partial charge >= 0.3 is 0 Å². The normalized spacial score (nSPS) is 11.1. The summed E-state index contributed by atoms with van der Waals surface area (Å²) in [4.78, 5) is 28.0. The van der Waals surface area contributed by atoms with Crippen molar-refractivity contribution in [2.45, 2.75) is 0 Å². The van der Waals surface area contributed by atoms with Crippen molar-refractivity contribution in [1.29, 1.82) is 0 Å². The molecule has 0 saturated carbocycles. The van der Waals surface area contributed by atoms with Crippen LogP contribution in [0.15, 0.2) is 88.6 Å². The first kappa shape index (κ1) is 19.4. The van der Waals surface area contributed by atoms with Crippen LogP contribution in [0.1, 0.15) is 5.56 Å². The third-order valence-electron chi connectivity index (χ3n) is 4.46. The molecule has 148 valence electrons. The molecule has 0 bridgehead atoms. The van der Waals surface area contributed by atoms with Gasteiger partial charge in [0, 0.05) is 28.9 Å². The summed E-state index contributed by atoms with van der Waals surface area (Å²) in [5, 5.41) is 14.5. The molecule has 1 aromatic heterocycles. The molecule has 8 heteroatoms. The number of aliphatic imine (C=N–C) groups is 1. The summed E-state index contributed by atoms with van der Waals surface area (Å²) in [6, 6.07) is 22.1. The summed E-state index contributed by atoms with van der Waals surface area (Å²) in [6.45, 7) is 0. The molecular weight excluding hydrogens is 404 g/mol. The lowest BCUT2D eigenvalue weighted by Gasteiger charge is -2.02. The summed E-state index contributed by atoms with van der Waals surface area (Å²) in [7, 11) is 0. The highest BCUT2D eigenvalue weighted by Crippen LogP contribution is 2.22. The second-order valence-electron chi connectivity index (χ2n) is 6.42. The van der Waals surface area contributed by atoms with Crippen molar-refractivity contribution < 1.29 is 4.92 Å². The lowest BCUT2D eigenvalue weighted by Crippen LogP contribution is -2.17. The second-order valence-corrected chi connectivity index (χ2v) is 6.86. The standard InChI is InChI=1S/C22H15ClN4O3/c23-16-7-4-8-17(13-16)24-14-20-21(15-5-2-1-3-6-15)25-26(22(20)28)18-9-11-19(12-10-18)27(29)30/h1-14,25H. The molecule has 0 spiro atoms. The molecule has 7 nitrogen and oxygen atoms in total. The van der Waals surface area contributed by atoms with Gasteiger partial charge < -0.3 is 0 Å². The van der Waals surface area contributed by atoms with Crippen LogP contribution in [0.3, 0.4) is 0 Å². The molecule has 0 amide bonds. The van der Waals surface area contributed by atoms with Gasteiger partial charge in [-0.3, -0.25) is 25.0 Å². The zero-order valence-electron chi connectivity index (χ0n) is 15.5. The molecular formula is C22H15ClN4O3. The van der Waals surface area contributed by atoms with Crippen LogP contribution in [0.2, 0.25) is 5.02 Å². The van der Waals surface area contributed by atoms with Crippen molar-refractivity contribution in [2.75, 3.05) is 0 Å². The summed E-state index contributed by atoms with van der Waals surface area (Å²) >= 11 is 6.01. The Bertz CT molecular complexity index is 1290. The summed E-state index contributed by atoms with van der Waals surface area (Å²) in [5.74, 6) is 0. The van der Waals surface area contributed by atoms with Gasteiger partial charge in [-0.05, 0) is 30.3 Å². The van der Waals surface area contributed by atoms with Gasteiger partial charge in [0.2, 0.25) is 0 Å². The Hall–Kier alpha value is -3.97. The smallest absolute Gasteiger partial charge is 0.280 e. The van der Waals surface area contributed by atoms with Gasteiger partial charge in [-0.2, -0.15) is 0 Å². The predicted octanol–water partition coefficient (Wildman–Crippen LogP) is 5.14. The average molecular weight is 419 g/mol. The summed E-state index contributed by atoms with van der Waals surface area (Å²) in [6.07, 6.45) is 1.49. The van der Waals surface area contributed by atoms with Crippen molar-refractivity contribution in [3.05, 3.63) is 110 Å². The molecule has 0 aliphatic carbocycles. The molecule has 1 heterocycles. The van der Waals surface area contributed by atoms with Gasteiger partial charge in [-0.25, -0.2) is 4.68 Å². The zero-order chi connectivity index (χ0) is 21.1. The van der Waals surface area contributed by atoms with E-state index in [-0.39, 0.29) is 11.2 Å². The number of H-pyrrole nitrogens is 1. The number of nitrogens with one attached hydrogen (secondary N) is 1. The molecule has 1 N–H and O–H groups in total. The average Bonchev–Trinajstić information content (AvgIpc) is 3.09. The Labute approximate surface area is 176 Å². The van der Waals surface area contributed by atoms with Crippen LogP contribution >= 0.6 is 11.6 Å². The van der Waals surface area contributed by atoms with Gasteiger partial charge in [-0.15, -0.1) is 0 Å². The topological polar surface area (TPSA) is 93.3 Å². The van der Waals surface area contributed by atoms with Crippen LogP contribution in [-0.2, 0) is 0 Å². The minimum atomic E-state index is -0.486. The monoisotopic (exact) mass is 418 g/mol. The van der Waals surface area contributed by atoms with E-state index in [4.69, 9.17) is 11.6 Å². The Morgan fingerprint density at radius 1 is 1.00 bits per heavy atom. The van der Waals surface area contributed by atoms with Crippen LogP contribution in [-0.4, -0.2) is 20.9 Å². The number of hydrogen-bond acceptors (Lipinski definition) is 4. The molecule has 4 aromatic rings. The maximum absolute atomic E-state index is 13.2. The Balaban J connectivity index is 1.83. The van der Waals surface area contributed by atoms with Gasteiger partial charge in [0.1, 0.15) is 0 Å². The Kier molecular flexibility index (Phi) is 5.28. The van der Waals surface area contributed by atoms with Crippen LogP contribution < -0.4 is 5.56 Å². The summed E-state index contributed by atoms with van der Waals surface area (Å²) in [5.41, 5.74) is 2.47. The van der Waals surface area contributed by atoms with Gasteiger partial charge in [0.25, 0.3) is 11.2 Å². The number of nitro benzene ring substituents is 1. The number of rotatable bonds is 5. The van der Waals surface area contributed by atoms with E-state index in [0.29, 0.717) is 27.7 Å². The number of benzene rings is 3. The first-order valence-electron chi connectivity index (χ1n) is 8.98. The van der Waals surface area contributed by atoms with E-state index in [1.165, 1.54) is 35.2 Å². The molecule has 0 saturated heterocycles. The first-order valence-corrected chi connectivity index (χ1v) is 9.35. The van der Waals surface area contributed by atoms with Crippen LogP contribution in [0.4, 0.5) is 11.4 Å². The number of nitrogens with zero attached hydrogens (tertiary/aromatic N) is 3. The Morgan fingerprint density at radius 2 is 1.73 bits per heavy atom. The first-order chi connectivity index (χ1) is 14.5. The van der Waals surface area contributed by atoms with Gasteiger partial charge in [-0.1, -0.05) is 48.0 Å². The molecule has 0 aliphatic heterocycles. The molecule has 0 atom stereocenters. The fourth-order valence-corrected chi connectivity index (χ4v) is 3.18. The SMILES string of the molecule is O=c1c(C=Nc2cccc(Cl)c2)c(-c2ccccc2)[nH]n1-c1ccc([N+](=O)[O-])cc1. The van der Waals surface area contributed by atoms with E-state index in [9.17, 15) is 14.9 Å². The van der Waals surface area contributed by atoms with Crippen LogP contribution in [0, 0.1) is 10.1 Å². The van der Waals surface area contributed by atoms with Crippen molar-refractivity contribution >= 4 is 29.2 Å². The lowest BCUT2D eigenvalue weighted by molar-refractivity contribution is -0.384.